The summed E-state index contributed by atoms with van der Waals surface area (Å²) in [5.74, 6) is 0. The van der Waals surface area contributed by atoms with E-state index < -0.39 is 27.1 Å². The van der Waals surface area contributed by atoms with Crippen LogP contribution >= 0.6 is 0 Å². The van der Waals surface area contributed by atoms with Crippen molar-refractivity contribution in [3.8, 4) is 0 Å². The molecule has 0 spiro atoms. The van der Waals surface area contributed by atoms with E-state index in [2.05, 4.69) is 0 Å². The molecule has 0 aromatic rings. The quantitative estimate of drug-likeness (QED) is 0.210. The predicted molar refractivity (Wildman–Crippen MR) is 40.3 cm³/mol. The van der Waals surface area contributed by atoms with E-state index in [4.69, 9.17) is 57.5 Å². The minimum atomic E-state index is -5.61. The molecule has 0 unspecified atom stereocenters. The number of rotatable bonds is 0. The van der Waals surface area contributed by atoms with Crippen LogP contribution < -0.4 is 57.5 Å². The summed E-state index contributed by atoms with van der Waals surface area (Å²) in [6, 6.07) is 0. The van der Waals surface area contributed by atoms with Crippen molar-refractivity contribution in [1.29, 1.82) is 0 Å². The molecule has 0 aliphatic rings. The van der Waals surface area contributed by atoms with Gasteiger partial charge in [-0.3, -0.25) is 0 Å². The molecule has 0 aromatic carbocycles. The fraction of sp³-hybridized carbons (Fsp3) is 0. The maximum Gasteiger partial charge on any atom is 3.00 e. The number of hydrogen-bond donors (Lipinski definition) is 0. The summed E-state index contributed by atoms with van der Waals surface area (Å²) in [6.45, 7) is 0. The summed E-state index contributed by atoms with van der Waals surface area (Å²) in [7, 11) is -16.8. The normalized spacial score (nSPS) is 9.47. The van der Waals surface area contributed by atoms with Crippen molar-refractivity contribution < 1.29 is 57.5 Å². The molecule has 19 heavy (non-hydrogen) atoms. The molecular weight excluding hydrogens is 736 g/mol. The van der Waals surface area contributed by atoms with E-state index in [1.807, 2.05) is 0 Å². The van der Waals surface area contributed by atoms with Crippen LogP contribution in [0.5, 0.6) is 0 Å². The topological polar surface area (TPSA) is 277 Å². The molecule has 0 amide bonds. The van der Waals surface area contributed by atoms with Crippen LogP contribution in [0.15, 0.2) is 0 Å². The van der Waals surface area contributed by atoms with Crippen LogP contribution in [-0.4, -0.2) is 131 Å². The van der Waals surface area contributed by atoms with Gasteiger partial charge in [0.25, 0.3) is 0 Å². The second-order valence-corrected chi connectivity index (χ2v) is 4.50. The van der Waals surface area contributed by atoms with Gasteiger partial charge in [0.2, 0.25) is 0 Å². The van der Waals surface area contributed by atoms with E-state index >= 15 is 0 Å². The standard InChI is InChI=1S/4In.3O4Si/c;;;;3*1-5(2,3)4/q4*+3;3*-4. The van der Waals surface area contributed by atoms with E-state index in [9.17, 15) is 0 Å². The first-order valence-corrected chi connectivity index (χ1v) is 7.35. The van der Waals surface area contributed by atoms with Crippen molar-refractivity contribution >= 4 is 131 Å². The fourth-order valence-electron chi connectivity index (χ4n) is 0. The molecule has 0 aliphatic heterocycles. The molecule has 0 saturated heterocycles. The summed E-state index contributed by atoms with van der Waals surface area (Å²) in [6.07, 6.45) is 0. The smallest absolute Gasteiger partial charge is 0.894 e. The monoisotopic (exact) mass is 735 g/mol. The second kappa shape index (κ2) is 19.7. The Morgan fingerprint density at radius 2 is 0.263 bits per heavy atom. The Labute approximate surface area is 185 Å². The molecule has 0 rings (SSSR count). The maximum absolute atomic E-state index is 8.58. The van der Waals surface area contributed by atoms with Gasteiger partial charge in [0, 0.05) is 0 Å². The summed E-state index contributed by atoms with van der Waals surface area (Å²) in [4.78, 5) is 103. The van der Waals surface area contributed by atoms with Crippen LogP contribution in [0.25, 0.3) is 0 Å². The van der Waals surface area contributed by atoms with Gasteiger partial charge in [0.1, 0.15) is 0 Å². The van der Waals surface area contributed by atoms with Gasteiger partial charge in [-0.05, 0) is 0 Å². The van der Waals surface area contributed by atoms with Gasteiger partial charge in [-0.1, -0.05) is 0 Å². The molecule has 96 valence electrons. The molecule has 12 nitrogen and oxygen atoms in total. The Hall–Kier alpha value is 3.65. The molecule has 0 saturated carbocycles. The average molecular weight is 736 g/mol. The molecule has 19 heteroatoms. The van der Waals surface area contributed by atoms with Crippen LogP contribution in [0.2, 0.25) is 0 Å². The van der Waals surface area contributed by atoms with Crippen LogP contribution in [0, 0.1) is 0 Å². The molecule has 0 radical (unpaired) electrons. The van der Waals surface area contributed by atoms with Crippen LogP contribution in [0.4, 0.5) is 0 Å². The minimum Gasteiger partial charge on any atom is -0.894 e. The first kappa shape index (κ1) is 43.3. The van der Waals surface area contributed by atoms with Crippen molar-refractivity contribution in [2.45, 2.75) is 0 Å². The van der Waals surface area contributed by atoms with Gasteiger partial charge in [-0.25, -0.2) is 0 Å². The summed E-state index contributed by atoms with van der Waals surface area (Å²) in [5, 5.41) is 0. The van der Waals surface area contributed by atoms with Crippen LogP contribution in [0.1, 0.15) is 0 Å². The van der Waals surface area contributed by atoms with Crippen LogP contribution in [-0.2, 0) is 0 Å². The van der Waals surface area contributed by atoms with Crippen molar-refractivity contribution in [1.82, 2.24) is 0 Å². The zero-order valence-corrected chi connectivity index (χ0v) is 24.9. The summed E-state index contributed by atoms with van der Waals surface area (Å²) in [5.41, 5.74) is 0. The molecule has 0 aliphatic carbocycles. The van der Waals surface area contributed by atoms with Crippen LogP contribution in [0.3, 0.4) is 0 Å². The van der Waals surface area contributed by atoms with E-state index in [-0.39, 0.29) is 103 Å². The zero-order chi connectivity index (χ0) is 13.5. The molecule has 0 fully saturated rings. The summed E-state index contributed by atoms with van der Waals surface area (Å²) < 4.78 is 0. The average Bonchev–Trinajstić information content (AvgIpc) is 1.41. The van der Waals surface area contributed by atoms with Gasteiger partial charge in [-0.2, -0.15) is 0 Å². The fourth-order valence-corrected chi connectivity index (χ4v) is 0. The third kappa shape index (κ3) is 627. The Morgan fingerprint density at radius 3 is 0.263 bits per heavy atom. The van der Waals surface area contributed by atoms with Gasteiger partial charge >= 0.3 is 103 Å². The molecule has 0 heterocycles. The Bertz CT molecular complexity index is 100.0. The molecular formula is In4O12Si3. The largest absolute Gasteiger partial charge is 3.00 e. The molecule has 0 aromatic heterocycles. The molecule has 0 bridgehead atoms. The third-order valence-electron chi connectivity index (χ3n) is 0. The molecule has 0 N–H and O–H groups in total. The Balaban J connectivity index is -0.0000000206. The Morgan fingerprint density at radius 1 is 0.263 bits per heavy atom. The predicted octanol–water partition coefficient (Wildman–Crippen LogP) is -16.9. The van der Waals surface area contributed by atoms with Gasteiger partial charge < -0.3 is 84.7 Å². The van der Waals surface area contributed by atoms with E-state index in [0.717, 1.165) is 0 Å². The van der Waals surface area contributed by atoms with E-state index in [1.165, 1.54) is 0 Å². The zero-order valence-electron chi connectivity index (χ0n) is 8.71. The SMILES string of the molecule is [In+3].[In+3].[In+3].[In+3].[O-][Si]([O-])([O-])[O-].[O-][Si]([O-])([O-])[O-].[O-][Si]([O-])([O-])[O-]. The number of hydrogen-bond acceptors (Lipinski definition) is 12. The molecule has 0 atom stereocenters. The first-order chi connectivity index (χ1) is 6.00. The third-order valence-corrected chi connectivity index (χ3v) is 0. The second-order valence-electron chi connectivity index (χ2n) is 1.50. The van der Waals surface area contributed by atoms with Crippen molar-refractivity contribution in [2.24, 2.45) is 0 Å². The summed E-state index contributed by atoms with van der Waals surface area (Å²) >= 11 is 0. The van der Waals surface area contributed by atoms with Gasteiger partial charge in [-0.15, -0.1) is 0 Å². The van der Waals surface area contributed by atoms with Gasteiger partial charge in [0.15, 0.2) is 0 Å². The van der Waals surface area contributed by atoms with Crippen molar-refractivity contribution in [3.63, 3.8) is 0 Å². The Kier molecular flexibility index (Phi) is 44.9. The minimum absolute atomic E-state index is 0. The first-order valence-electron chi connectivity index (χ1n) is 2.45. The van der Waals surface area contributed by atoms with Gasteiger partial charge in [0.05, 0.1) is 0 Å². The van der Waals surface area contributed by atoms with Crippen molar-refractivity contribution in [3.05, 3.63) is 0 Å². The van der Waals surface area contributed by atoms with Crippen molar-refractivity contribution in [2.75, 3.05) is 0 Å². The van der Waals surface area contributed by atoms with E-state index in [0.29, 0.717) is 0 Å². The maximum atomic E-state index is 8.58. The van der Waals surface area contributed by atoms with E-state index in [1.54, 1.807) is 0 Å².